The number of carbonyl (C=O) groups is 1. The van der Waals surface area contributed by atoms with Gasteiger partial charge in [0.1, 0.15) is 5.54 Å². The Morgan fingerprint density at radius 3 is 2.30 bits per heavy atom. The molecule has 1 saturated carbocycles. The average Bonchev–Trinajstić information content (AvgIpc) is 2.62. The normalized spacial score (nSPS) is 21.6. The SMILES string of the molecule is O=C(NCN1CCCCC1)C1(Nc2ccccc2)CCCCC1. The first-order valence-electron chi connectivity index (χ1n) is 9.12. The largest absolute Gasteiger partial charge is 0.371 e. The molecule has 1 heterocycles. The summed E-state index contributed by atoms with van der Waals surface area (Å²) in [6.45, 7) is 2.91. The van der Waals surface area contributed by atoms with E-state index in [2.05, 4.69) is 15.5 Å². The lowest BCUT2D eigenvalue weighted by molar-refractivity contribution is -0.127. The molecule has 2 N–H and O–H groups in total. The highest BCUT2D eigenvalue weighted by molar-refractivity contribution is 5.89. The first-order chi connectivity index (χ1) is 11.3. The number of nitrogens with one attached hydrogen (secondary N) is 2. The fraction of sp³-hybridized carbons (Fsp3) is 0.632. The van der Waals surface area contributed by atoms with E-state index in [0.717, 1.165) is 44.5 Å². The summed E-state index contributed by atoms with van der Waals surface area (Å²) in [5.41, 5.74) is 0.609. The number of carbonyl (C=O) groups excluding carboxylic acids is 1. The number of piperidine rings is 1. The Hall–Kier alpha value is -1.55. The maximum atomic E-state index is 13.0. The predicted octanol–water partition coefficient (Wildman–Crippen LogP) is 3.36. The van der Waals surface area contributed by atoms with Crippen LogP contribution in [0.2, 0.25) is 0 Å². The zero-order valence-electron chi connectivity index (χ0n) is 14.0. The Labute approximate surface area is 139 Å². The van der Waals surface area contributed by atoms with Crippen LogP contribution in [0.4, 0.5) is 5.69 Å². The number of hydrogen-bond donors (Lipinski definition) is 2. The summed E-state index contributed by atoms with van der Waals surface area (Å²) in [5, 5.41) is 6.76. The molecule has 0 unspecified atom stereocenters. The zero-order chi connectivity index (χ0) is 16.0. The van der Waals surface area contributed by atoms with Gasteiger partial charge in [-0.15, -0.1) is 0 Å². The first kappa shape index (κ1) is 16.3. The highest BCUT2D eigenvalue weighted by atomic mass is 16.2. The van der Waals surface area contributed by atoms with Gasteiger partial charge in [-0.25, -0.2) is 0 Å². The molecule has 0 radical (unpaired) electrons. The van der Waals surface area contributed by atoms with Gasteiger partial charge in [0.2, 0.25) is 5.91 Å². The number of rotatable bonds is 5. The maximum Gasteiger partial charge on any atom is 0.246 e. The second kappa shape index (κ2) is 7.82. The molecule has 0 bridgehead atoms. The molecule has 1 aliphatic carbocycles. The van der Waals surface area contributed by atoms with Crippen LogP contribution in [0.15, 0.2) is 30.3 Å². The molecule has 23 heavy (non-hydrogen) atoms. The lowest BCUT2D eigenvalue weighted by atomic mass is 9.80. The fourth-order valence-electron chi connectivity index (χ4n) is 3.83. The summed E-state index contributed by atoms with van der Waals surface area (Å²) >= 11 is 0. The molecule has 0 aromatic heterocycles. The van der Waals surface area contributed by atoms with Crippen molar-refractivity contribution in [2.45, 2.75) is 56.9 Å². The van der Waals surface area contributed by atoms with Crippen LogP contribution < -0.4 is 10.6 Å². The summed E-state index contributed by atoms with van der Waals surface area (Å²) in [6, 6.07) is 10.1. The van der Waals surface area contributed by atoms with Crippen LogP contribution in [0.25, 0.3) is 0 Å². The molecule has 4 heteroatoms. The van der Waals surface area contributed by atoms with Crippen molar-refractivity contribution in [2.75, 3.05) is 25.1 Å². The van der Waals surface area contributed by atoms with Gasteiger partial charge < -0.3 is 10.6 Å². The van der Waals surface area contributed by atoms with Crippen molar-refractivity contribution in [3.05, 3.63) is 30.3 Å². The van der Waals surface area contributed by atoms with Gasteiger partial charge in [0.25, 0.3) is 0 Å². The summed E-state index contributed by atoms with van der Waals surface area (Å²) in [6.07, 6.45) is 9.16. The molecule has 2 aliphatic rings. The zero-order valence-corrected chi connectivity index (χ0v) is 14.0. The van der Waals surface area contributed by atoms with E-state index in [1.807, 2.05) is 30.3 Å². The summed E-state index contributed by atoms with van der Waals surface area (Å²) in [7, 11) is 0. The third-order valence-corrected chi connectivity index (χ3v) is 5.21. The summed E-state index contributed by atoms with van der Waals surface area (Å²) in [5.74, 6) is 0.173. The Morgan fingerprint density at radius 2 is 1.61 bits per heavy atom. The molecule has 1 aromatic rings. The number of anilines is 1. The van der Waals surface area contributed by atoms with Crippen LogP contribution >= 0.6 is 0 Å². The average molecular weight is 315 g/mol. The molecule has 126 valence electrons. The van der Waals surface area contributed by atoms with Gasteiger partial charge in [-0.05, 0) is 50.9 Å². The minimum atomic E-state index is -0.435. The van der Waals surface area contributed by atoms with Crippen LogP contribution in [-0.4, -0.2) is 36.1 Å². The van der Waals surface area contributed by atoms with E-state index in [0.29, 0.717) is 6.67 Å². The standard InChI is InChI=1S/C19H29N3O/c23-18(20-16-22-14-8-3-9-15-22)19(12-6-2-7-13-19)21-17-10-4-1-5-11-17/h1,4-5,10-11,21H,2-3,6-9,12-16H2,(H,20,23). The van der Waals surface area contributed by atoms with Crippen molar-refractivity contribution in [3.63, 3.8) is 0 Å². The van der Waals surface area contributed by atoms with Crippen LogP contribution in [0.3, 0.4) is 0 Å². The van der Waals surface area contributed by atoms with E-state index < -0.39 is 5.54 Å². The van der Waals surface area contributed by atoms with E-state index in [1.165, 1.54) is 25.7 Å². The predicted molar refractivity (Wildman–Crippen MR) is 94.3 cm³/mol. The molecule has 4 nitrogen and oxygen atoms in total. The van der Waals surface area contributed by atoms with Crippen molar-refractivity contribution in [2.24, 2.45) is 0 Å². The molecule has 1 saturated heterocycles. The fourth-order valence-corrected chi connectivity index (χ4v) is 3.83. The summed E-state index contributed by atoms with van der Waals surface area (Å²) in [4.78, 5) is 15.3. The lowest BCUT2D eigenvalue weighted by Crippen LogP contribution is -2.55. The quantitative estimate of drug-likeness (QED) is 0.876. The Bertz CT molecular complexity index is 491. The van der Waals surface area contributed by atoms with Gasteiger partial charge >= 0.3 is 0 Å². The Balaban J connectivity index is 1.63. The third kappa shape index (κ3) is 4.25. The molecule has 1 aliphatic heterocycles. The van der Waals surface area contributed by atoms with E-state index in [-0.39, 0.29) is 5.91 Å². The molecule has 1 aromatic carbocycles. The lowest BCUT2D eigenvalue weighted by Gasteiger charge is -2.38. The summed E-state index contributed by atoms with van der Waals surface area (Å²) < 4.78 is 0. The maximum absolute atomic E-state index is 13.0. The number of amides is 1. The van der Waals surface area contributed by atoms with Gasteiger partial charge in [-0.2, -0.15) is 0 Å². The first-order valence-corrected chi connectivity index (χ1v) is 9.12. The molecule has 1 amide bonds. The van der Waals surface area contributed by atoms with Gasteiger partial charge in [0.05, 0.1) is 6.67 Å². The Morgan fingerprint density at radius 1 is 0.957 bits per heavy atom. The van der Waals surface area contributed by atoms with Crippen molar-refractivity contribution >= 4 is 11.6 Å². The Kier molecular flexibility index (Phi) is 5.55. The second-order valence-corrected chi connectivity index (χ2v) is 6.98. The van der Waals surface area contributed by atoms with Crippen molar-refractivity contribution in [1.29, 1.82) is 0 Å². The van der Waals surface area contributed by atoms with E-state index in [1.54, 1.807) is 0 Å². The van der Waals surface area contributed by atoms with Crippen molar-refractivity contribution in [1.82, 2.24) is 10.2 Å². The number of benzene rings is 1. The molecular weight excluding hydrogens is 286 g/mol. The number of hydrogen-bond acceptors (Lipinski definition) is 3. The van der Waals surface area contributed by atoms with Crippen LogP contribution in [0.5, 0.6) is 0 Å². The number of para-hydroxylation sites is 1. The van der Waals surface area contributed by atoms with Gasteiger partial charge in [-0.1, -0.05) is 43.9 Å². The minimum Gasteiger partial charge on any atom is -0.371 e. The van der Waals surface area contributed by atoms with Gasteiger partial charge in [0.15, 0.2) is 0 Å². The monoisotopic (exact) mass is 315 g/mol. The molecule has 3 rings (SSSR count). The number of likely N-dealkylation sites (tertiary alicyclic amines) is 1. The van der Waals surface area contributed by atoms with E-state index >= 15 is 0 Å². The van der Waals surface area contributed by atoms with E-state index in [4.69, 9.17) is 0 Å². The van der Waals surface area contributed by atoms with Gasteiger partial charge in [-0.3, -0.25) is 9.69 Å². The third-order valence-electron chi connectivity index (χ3n) is 5.21. The smallest absolute Gasteiger partial charge is 0.246 e. The highest BCUT2D eigenvalue weighted by Crippen LogP contribution is 2.32. The highest BCUT2D eigenvalue weighted by Gasteiger charge is 2.39. The molecule has 0 atom stereocenters. The van der Waals surface area contributed by atoms with Crippen LogP contribution in [0, 0.1) is 0 Å². The van der Waals surface area contributed by atoms with Crippen LogP contribution in [-0.2, 0) is 4.79 Å². The second-order valence-electron chi connectivity index (χ2n) is 6.98. The van der Waals surface area contributed by atoms with Gasteiger partial charge in [0, 0.05) is 5.69 Å². The van der Waals surface area contributed by atoms with Crippen LogP contribution in [0.1, 0.15) is 51.4 Å². The molecule has 2 fully saturated rings. The molecular formula is C19H29N3O. The topological polar surface area (TPSA) is 44.4 Å². The van der Waals surface area contributed by atoms with E-state index in [9.17, 15) is 4.79 Å². The van der Waals surface area contributed by atoms with Crippen molar-refractivity contribution < 1.29 is 4.79 Å². The van der Waals surface area contributed by atoms with Crippen molar-refractivity contribution in [3.8, 4) is 0 Å². The molecule has 0 spiro atoms. The number of nitrogens with zero attached hydrogens (tertiary/aromatic N) is 1. The minimum absolute atomic E-state index is 0.173.